The van der Waals surface area contributed by atoms with Crippen molar-refractivity contribution in [1.82, 2.24) is 0 Å². The van der Waals surface area contributed by atoms with E-state index in [1.54, 1.807) is 6.08 Å². The van der Waals surface area contributed by atoms with E-state index in [9.17, 15) is 31.1 Å². The smallest absolute Gasteiger partial charge is 0.422 e. The summed E-state index contributed by atoms with van der Waals surface area (Å²) in [5.74, 6) is -2.95. The van der Waals surface area contributed by atoms with Gasteiger partial charge in [0.15, 0.2) is 18.2 Å². The first-order valence-electron chi connectivity index (χ1n) is 10.5. The highest BCUT2D eigenvalue weighted by Gasteiger charge is 2.29. The van der Waals surface area contributed by atoms with Gasteiger partial charge in [-0.25, -0.2) is 13.2 Å². The Morgan fingerprint density at radius 3 is 2.35 bits per heavy atom. The van der Waals surface area contributed by atoms with Crippen LogP contribution in [0.3, 0.4) is 0 Å². The summed E-state index contributed by atoms with van der Waals surface area (Å²) in [6, 6.07) is 4.16. The Kier molecular flexibility index (Phi) is 6.63. The Morgan fingerprint density at radius 1 is 0.971 bits per heavy atom. The van der Waals surface area contributed by atoms with Gasteiger partial charge in [-0.2, -0.15) is 13.2 Å². The quantitative estimate of drug-likeness (QED) is 0.454. The van der Waals surface area contributed by atoms with Crippen LogP contribution in [-0.4, -0.2) is 38.4 Å². The number of amides is 1. The van der Waals surface area contributed by atoms with Gasteiger partial charge < -0.3 is 19.7 Å². The summed E-state index contributed by atoms with van der Waals surface area (Å²) < 4.78 is 90.0. The number of hydrogen-bond donors (Lipinski definition) is 1. The summed E-state index contributed by atoms with van der Waals surface area (Å²) in [5, 5.41) is 2.51. The third kappa shape index (κ3) is 5.40. The molecule has 11 heteroatoms. The van der Waals surface area contributed by atoms with Crippen LogP contribution in [0, 0.1) is 17.5 Å². The van der Waals surface area contributed by atoms with E-state index in [2.05, 4.69) is 10.1 Å². The number of carbonyl (C=O) groups is 1. The van der Waals surface area contributed by atoms with Gasteiger partial charge in [-0.3, -0.25) is 4.79 Å². The molecule has 4 rings (SSSR count). The van der Waals surface area contributed by atoms with Crippen molar-refractivity contribution in [2.75, 3.05) is 36.5 Å². The van der Waals surface area contributed by atoms with Gasteiger partial charge in [-0.1, -0.05) is 6.08 Å². The predicted molar refractivity (Wildman–Crippen MR) is 112 cm³/mol. The number of ether oxygens (including phenoxy) is 2. The summed E-state index contributed by atoms with van der Waals surface area (Å²) in [5.41, 5.74) is 1.21. The van der Waals surface area contributed by atoms with E-state index in [4.69, 9.17) is 4.74 Å². The molecular formula is C23H20F6N2O3. The van der Waals surface area contributed by atoms with Crippen molar-refractivity contribution in [1.29, 1.82) is 0 Å². The Balaban J connectivity index is 1.40. The van der Waals surface area contributed by atoms with Gasteiger partial charge in [0.1, 0.15) is 29.6 Å². The average Bonchev–Trinajstić information content (AvgIpc) is 2.77. The molecule has 2 aromatic carbocycles. The van der Waals surface area contributed by atoms with Crippen molar-refractivity contribution in [3.8, 4) is 11.5 Å². The maximum Gasteiger partial charge on any atom is 0.422 e. The lowest BCUT2D eigenvalue weighted by Gasteiger charge is -2.29. The maximum atomic E-state index is 14.5. The Bertz CT molecular complexity index is 1110. The minimum atomic E-state index is -4.62. The number of nitrogens with one attached hydrogen (secondary N) is 1. The molecule has 0 saturated carbocycles. The third-order valence-corrected chi connectivity index (χ3v) is 5.51. The second-order valence-electron chi connectivity index (χ2n) is 7.93. The number of carbonyl (C=O) groups excluding carboxylic acids is 1. The van der Waals surface area contributed by atoms with Crippen LogP contribution in [0.2, 0.25) is 0 Å². The van der Waals surface area contributed by atoms with Crippen LogP contribution in [0.1, 0.15) is 18.4 Å². The van der Waals surface area contributed by atoms with Gasteiger partial charge in [0.05, 0.1) is 5.69 Å². The molecule has 0 aromatic heterocycles. The standard InChI is InChI=1S/C23H20F6N2O3/c24-16-2-3-19(15-1-4-20(32)30-21(15)16)33-11-13-5-7-31(8-6-13)22-17(25)9-14(10-18(22)26)34-12-23(27,28)29/h2-3,5,9-10H,1,4,6-8,11-12H2,(H,30,32). The van der Waals surface area contributed by atoms with E-state index in [1.807, 2.05) is 0 Å². The van der Waals surface area contributed by atoms with Crippen LogP contribution in [0.25, 0.3) is 0 Å². The molecule has 2 heterocycles. The SMILES string of the molecule is O=C1CCc2c(OCC3=CCN(c4c(F)cc(OCC(F)(F)F)cc4F)CC3)ccc(F)c2N1. The molecule has 0 saturated heterocycles. The van der Waals surface area contributed by atoms with E-state index in [0.717, 1.165) is 17.7 Å². The van der Waals surface area contributed by atoms with Gasteiger partial charge in [0.2, 0.25) is 5.91 Å². The molecule has 0 aliphatic carbocycles. The van der Waals surface area contributed by atoms with Crippen molar-refractivity contribution in [2.24, 2.45) is 0 Å². The number of rotatable bonds is 6. The van der Waals surface area contributed by atoms with Crippen molar-refractivity contribution >= 4 is 17.3 Å². The molecule has 0 unspecified atom stereocenters. The molecule has 0 atom stereocenters. The normalized spacial score (nSPS) is 16.0. The molecule has 5 nitrogen and oxygen atoms in total. The second kappa shape index (κ2) is 9.47. The number of fused-ring (bicyclic) bond motifs is 1. The summed E-state index contributed by atoms with van der Waals surface area (Å²) in [6.45, 7) is -1.06. The topological polar surface area (TPSA) is 50.8 Å². The molecule has 1 N–H and O–H groups in total. The molecule has 182 valence electrons. The molecule has 2 aliphatic heterocycles. The van der Waals surface area contributed by atoms with Crippen molar-refractivity contribution in [3.05, 3.63) is 58.9 Å². The molecule has 0 fully saturated rings. The van der Waals surface area contributed by atoms with Crippen LogP contribution < -0.4 is 19.7 Å². The highest BCUT2D eigenvalue weighted by atomic mass is 19.4. The first-order chi connectivity index (χ1) is 16.1. The maximum absolute atomic E-state index is 14.5. The zero-order valence-corrected chi connectivity index (χ0v) is 17.8. The minimum Gasteiger partial charge on any atom is -0.489 e. The zero-order chi connectivity index (χ0) is 24.5. The first kappa shape index (κ1) is 23.8. The van der Waals surface area contributed by atoms with Crippen molar-refractivity contribution in [3.63, 3.8) is 0 Å². The number of alkyl halides is 3. The number of halogens is 6. The number of nitrogens with zero attached hydrogens (tertiary/aromatic N) is 1. The summed E-state index contributed by atoms with van der Waals surface area (Å²) in [4.78, 5) is 13.0. The highest BCUT2D eigenvalue weighted by molar-refractivity contribution is 5.94. The fraction of sp³-hybridized carbons (Fsp3) is 0.348. The zero-order valence-electron chi connectivity index (χ0n) is 17.8. The summed E-state index contributed by atoms with van der Waals surface area (Å²) in [6.07, 6.45) is -1.88. The molecule has 0 radical (unpaired) electrons. The van der Waals surface area contributed by atoms with Crippen molar-refractivity contribution in [2.45, 2.75) is 25.4 Å². The minimum absolute atomic E-state index is 0.117. The molecule has 0 bridgehead atoms. The molecule has 2 aliphatic rings. The number of anilines is 2. The van der Waals surface area contributed by atoms with E-state index >= 15 is 0 Å². The van der Waals surface area contributed by atoms with Gasteiger partial charge >= 0.3 is 6.18 Å². The molecule has 1 amide bonds. The fourth-order valence-electron chi connectivity index (χ4n) is 3.87. The van der Waals surface area contributed by atoms with E-state index in [1.165, 1.54) is 17.0 Å². The van der Waals surface area contributed by atoms with E-state index in [0.29, 0.717) is 24.2 Å². The summed E-state index contributed by atoms with van der Waals surface area (Å²) in [7, 11) is 0. The van der Waals surface area contributed by atoms with E-state index in [-0.39, 0.29) is 43.4 Å². The predicted octanol–water partition coefficient (Wildman–Crippen LogP) is 5.15. The largest absolute Gasteiger partial charge is 0.489 e. The molecular weight excluding hydrogens is 466 g/mol. The average molecular weight is 486 g/mol. The molecule has 34 heavy (non-hydrogen) atoms. The fourth-order valence-corrected chi connectivity index (χ4v) is 3.87. The lowest BCUT2D eigenvalue weighted by Crippen LogP contribution is -2.31. The Labute approximate surface area is 190 Å². The van der Waals surface area contributed by atoms with Crippen LogP contribution in [-0.2, 0) is 11.2 Å². The van der Waals surface area contributed by atoms with Crippen LogP contribution in [0.4, 0.5) is 37.7 Å². The molecule has 2 aromatic rings. The van der Waals surface area contributed by atoms with Gasteiger partial charge in [0.25, 0.3) is 0 Å². The van der Waals surface area contributed by atoms with Gasteiger partial charge in [-0.05, 0) is 30.5 Å². The van der Waals surface area contributed by atoms with Crippen LogP contribution in [0.15, 0.2) is 35.9 Å². The van der Waals surface area contributed by atoms with Crippen LogP contribution in [0.5, 0.6) is 11.5 Å². The summed E-state index contributed by atoms with van der Waals surface area (Å²) >= 11 is 0. The van der Waals surface area contributed by atoms with E-state index < -0.39 is 36.0 Å². The first-order valence-corrected chi connectivity index (χ1v) is 10.5. The van der Waals surface area contributed by atoms with Gasteiger partial charge in [0, 0.05) is 37.2 Å². The Hall–Kier alpha value is -3.37. The molecule has 0 spiro atoms. The monoisotopic (exact) mass is 486 g/mol. The number of hydrogen-bond acceptors (Lipinski definition) is 4. The second-order valence-corrected chi connectivity index (χ2v) is 7.93. The lowest BCUT2D eigenvalue weighted by atomic mass is 10.0. The van der Waals surface area contributed by atoms with Crippen LogP contribution >= 0.6 is 0 Å². The third-order valence-electron chi connectivity index (χ3n) is 5.51. The Morgan fingerprint density at radius 2 is 1.71 bits per heavy atom. The lowest BCUT2D eigenvalue weighted by molar-refractivity contribution is -0.153. The van der Waals surface area contributed by atoms with Gasteiger partial charge in [-0.15, -0.1) is 0 Å². The van der Waals surface area contributed by atoms with Crippen molar-refractivity contribution < 1.29 is 40.6 Å². The highest BCUT2D eigenvalue weighted by Crippen LogP contribution is 2.35. The number of benzene rings is 2.